The zero-order valence-corrected chi connectivity index (χ0v) is 7.04. The molecule has 0 amide bonds. The lowest BCUT2D eigenvalue weighted by molar-refractivity contribution is -0.117. The Bertz CT molecular complexity index is 322. The second-order valence-electron chi connectivity index (χ2n) is 2.68. The third-order valence-electron chi connectivity index (χ3n) is 1.99. The van der Waals surface area contributed by atoms with E-state index in [1.807, 2.05) is 12.1 Å². The van der Waals surface area contributed by atoms with E-state index in [0.717, 1.165) is 17.4 Å². The summed E-state index contributed by atoms with van der Waals surface area (Å²) < 4.78 is 5.20. The topological polar surface area (TPSA) is 26.3 Å². The number of carbonyl (C=O) groups is 1. The number of hydrogen-bond donors (Lipinski definition) is 0. The molecule has 0 spiro atoms. The predicted octanol–water partition coefficient (Wildman–Crippen LogP) is 2.11. The Hall–Kier alpha value is -0.860. The molecular weight excluding hydrogens is 176 g/mol. The van der Waals surface area contributed by atoms with Gasteiger partial charge in [0, 0.05) is 10.6 Å². The average Bonchev–Trinajstić information content (AvgIpc) is 2.49. The van der Waals surface area contributed by atoms with E-state index in [1.54, 1.807) is 6.07 Å². The Balaban J connectivity index is 2.52. The summed E-state index contributed by atoms with van der Waals surface area (Å²) in [6, 6.07) is 5.50. The van der Waals surface area contributed by atoms with Crippen molar-refractivity contribution < 1.29 is 9.53 Å². The molecule has 3 heteroatoms. The molecule has 0 bridgehead atoms. The van der Waals surface area contributed by atoms with Crippen LogP contribution >= 0.6 is 11.6 Å². The van der Waals surface area contributed by atoms with Crippen molar-refractivity contribution in [1.82, 2.24) is 0 Å². The Labute approximate surface area is 75.1 Å². The first kappa shape index (κ1) is 7.77. The number of benzene rings is 1. The highest BCUT2D eigenvalue weighted by Gasteiger charge is 2.23. The highest BCUT2D eigenvalue weighted by molar-refractivity contribution is 6.31. The van der Waals surface area contributed by atoms with Crippen LogP contribution in [0.4, 0.5) is 0 Å². The van der Waals surface area contributed by atoms with Gasteiger partial charge in [0.15, 0.2) is 6.29 Å². The van der Waals surface area contributed by atoms with Gasteiger partial charge in [-0.3, -0.25) is 0 Å². The number of aldehydes is 1. The van der Waals surface area contributed by atoms with Crippen molar-refractivity contribution in [3.05, 3.63) is 34.3 Å². The van der Waals surface area contributed by atoms with Crippen LogP contribution in [0.1, 0.15) is 17.2 Å². The van der Waals surface area contributed by atoms with Gasteiger partial charge >= 0.3 is 0 Å². The minimum atomic E-state index is -0.418. The Kier molecular flexibility index (Phi) is 1.87. The van der Waals surface area contributed by atoms with Crippen molar-refractivity contribution in [2.45, 2.75) is 12.7 Å². The number of fused-ring (bicyclic) bond motifs is 1. The molecule has 0 saturated carbocycles. The highest BCUT2D eigenvalue weighted by Crippen LogP contribution is 2.33. The molecule has 0 aromatic heterocycles. The molecule has 1 aliphatic heterocycles. The van der Waals surface area contributed by atoms with E-state index in [-0.39, 0.29) is 0 Å². The summed E-state index contributed by atoms with van der Waals surface area (Å²) in [6.45, 7) is 0.443. The third-order valence-corrected chi connectivity index (χ3v) is 2.35. The van der Waals surface area contributed by atoms with Gasteiger partial charge in [0.1, 0.15) is 6.10 Å². The molecule has 0 N–H and O–H groups in total. The van der Waals surface area contributed by atoms with Crippen LogP contribution in [0.2, 0.25) is 5.02 Å². The molecule has 2 rings (SSSR count). The Morgan fingerprint density at radius 3 is 3.17 bits per heavy atom. The second-order valence-corrected chi connectivity index (χ2v) is 3.08. The lowest BCUT2D eigenvalue weighted by Crippen LogP contribution is -1.95. The minimum absolute atomic E-state index is 0.418. The van der Waals surface area contributed by atoms with Crippen LogP contribution in [0.5, 0.6) is 0 Å². The fourth-order valence-corrected chi connectivity index (χ4v) is 1.61. The van der Waals surface area contributed by atoms with Gasteiger partial charge in [0.2, 0.25) is 0 Å². The molecular formula is C9H7ClO2. The first-order valence-corrected chi connectivity index (χ1v) is 4.05. The summed E-state index contributed by atoms with van der Waals surface area (Å²) in [4.78, 5) is 10.5. The van der Waals surface area contributed by atoms with E-state index in [0.29, 0.717) is 11.6 Å². The number of halogens is 1. The summed E-state index contributed by atoms with van der Waals surface area (Å²) in [5.41, 5.74) is 1.84. The molecule has 12 heavy (non-hydrogen) atoms. The van der Waals surface area contributed by atoms with Gasteiger partial charge in [0.25, 0.3) is 0 Å². The number of rotatable bonds is 1. The van der Waals surface area contributed by atoms with Gasteiger partial charge in [-0.15, -0.1) is 0 Å². The standard InChI is InChI=1S/C9H7ClO2/c10-8-3-1-2-6-7(8)5-12-9(6)4-11/h1-4,9H,5H2. The Morgan fingerprint density at radius 1 is 1.58 bits per heavy atom. The molecule has 62 valence electrons. The van der Waals surface area contributed by atoms with E-state index in [4.69, 9.17) is 16.3 Å². The molecule has 1 unspecified atom stereocenters. The third kappa shape index (κ3) is 1.04. The fraction of sp³-hybridized carbons (Fsp3) is 0.222. The first-order valence-electron chi connectivity index (χ1n) is 3.67. The molecule has 1 atom stereocenters. The van der Waals surface area contributed by atoms with Crippen molar-refractivity contribution in [2.75, 3.05) is 0 Å². The lowest BCUT2D eigenvalue weighted by atomic mass is 10.1. The van der Waals surface area contributed by atoms with E-state index in [9.17, 15) is 4.79 Å². The van der Waals surface area contributed by atoms with Crippen LogP contribution in [0.3, 0.4) is 0 Å². The second kappa shape index (κ2) is 2.88. The molecule has 1 aromatic rings. The average molecular weight is 183 g/mol. The van der Waals surface area contributed by atoms with Gasteiger partial charge in [0.05, 0.1) is 6.61 Å². The summed E-state index contributed by atoms with van der Waals surface area (Å²) >= 11 is 5.90. The van der Waals surface area contributed by atoms with Crippen molar-refractivity contribution in [2.24, 2.45) is 0 Å². The van der Waals surface area contributed by atoms with Crippen molar-refractivity contribution >= 4 is 17.9 Å². The number of hydrogen-bond acceptors (Lipinski definition) is 2. The SMILES string of the molecule is O=CC1OCc2c(Cl)cccc21. The molecule has 1 heterocycles. The van der Waals surface area contributed by atoms with Crippen molar-refractivity contribution in [1.29, 1.82) is 0 Å². The molecule has 2 nitrogen and oxygen atoms in total. The van der Waals surface area contributed by atoms with Gasteiger partial charge in [-0.1, -0.05) is 23.7 Å². The van der Waals surface area contributed by atoms with E-state index in [2.05, 4.69) is 0 Å². The molecule has 0 aliphatic carbocycles. The summed E-state index contributed by atoms with van der Waals surface area (Å²) in [6.07, 6.45) is 0.376. The van der Waals surface area contributed by atoms with Crippen molar-refractivity contribution in [3.8, 4) is 0 Å². The van der Waals surface area contributed by atoms with Crippen molar-refractivity contribution in [3.63, 3.8) is 0 Å². The molecule has 0 fully saturated rings. The van der Waals surface area contributed by atoms with Crippen LogP contribution in [0, 0.1) is 0 Å². The maximum absolute atomic E-state index is 10.5. The minimum Gasteiger partial charge on any atom is -0.361 e. The largest absolute Gasteiger partial charge is 0.361 e. The van der Waals surface area contributed by atoms with Crippen LogP contribution in [-0.2, 0) is 16.1 Å². The first-order chi connectivity index (χ1) is 5.83. The lowest BCUT2D eigenvalue weighted by Gasteiger charge is -2.00. The molecule has 1 aromatic carbocycles. The van der Waals surface area contributed by atoms with Crippen LogP contribution < -0.4 is 0 Å². The zero-order valence-electron chi connectivity index (χ0n) is 6.29. The smallest absolute Gasteiger partial charge is 0.153 e. The van der Waals surface area contributed by atoms with E-state index < -0.39 is 6.10 Å². The predicted molar refractivity (Wildman–Crippen MR) is 45.0 cm³/mol. The monoisotopic (exact) mass is 182 g/mol. The molecule has 0 radical (unpaired) electrons. The zero-order chi connectivity index (χ0) is 8.55. The molecule has 1 aliphatic rings. The van der Waals surface area contributed by atoms with Crippen LogP contribution in [-0.4, -0.2) is 6.29 Å². The van der Waals surface area contributed by atoms with E-state index in [1.165, 1.54) is 0 Å². The maximum atomic E-state index is 10.5. The highest BCUT2D eigenvalue weighted by atomic mass is 35.5. The van der Waals surface area contributed by atoms with Crippen LogP contribution in [0.15, 0.2) is 18.2 Å². The molecule has 0 saturated heterocycles. The van der Waals surface area contributed by atoms with Gasteiger partial charge < -0.3 is 9.53 Å². The summed E-state index contributed by atoms with van der Waals surface area (Å²) in [7, 11) is 0. The van der Waals surface area contributed by atoms with Gasteiger partial charge in [-0.05, 0) is 11.6 Å². The summed E-state index contributed by atoms with van der Waals surface area (Å²) in [5, 5.41) is 0.678. The number of ether oxygens (including phenoxy) is 1. The van der Waals surface area contributed by atoms with Gasteiger partial charge in [-0.25, -0.2) is 0 Å². The maximum Gasteiger partial charge on any atom is 0.153 e. The quantitative estimate of drug-likeness (QED) is 0.622. The number of carbonyl (C=O) groups excluding carboxylic acids is 1. The fourth-order valence-electron chi connectivity index (χ4n) is 1.37. The Morgan fingerprint density at radius 2 is 2.42 bits per heavy atom. The normalized spacial score (nSPS) is 20.6. The summed E-state index contributed by atoms with van der Waals surface area (Å²) in [5.74, 6) is 0. The van der Waals surface area contributed by atoms with Gasteiger partial charge in [-0.2, -0.15) is 0 Å². The van der Waals surface area contributed by atoms with E-state index >= 15 is 0 Å². The van der Waals surface area contributed by atoms with Crippen LogP contribution in [0.25, 0.3) is 0 Å².